The Kier molecular flexibility index (Phi) is 8.58. The van der Waals surface area contributed by atoms with Gasteiger partial charge in [0.2, 0.25) is 0 Å². The Morgan fingerprint density at radius 1 is 1.09 bits per heavy atom. The molecule has 0 saturated carbocycles. The molecule has 120 valence electrons. The summed E-state index contributed by atoms with van der Waals surface area (Å²) in [5.74, 6) is 0.852. The van der Waals surface area contributed by atoms with Gasteiger partial charge in [0.1, 0.15) is 12.4 Å². The summed E-state index contributed by atoms with van der Waals surface area (Å²) in [6.45, 7) is 4.16. The highest BCUT2D eigenvalue weighted by Gasteiger charge is 2.07. The first-order chi connectivity index (χ1) is 10.1. The molecule has 6 heteroatoms. The number of hydrogen-bond acceptors (Lipinski definition) is 2. The SMILES string of the molecule is CCNCc1cc(Br)ccc1OCc1ccc(Cl)cc1Cl.Cl. The first-order valence-corrected chi connectivity index (χ1v) is 8.21. The van der Waals surface area contributed by atoms with Gasteiger partial charge in [-0.05, 0) is 36.9 Å². The zero-order valence-corrected chi connectivity index (χ0v) is 16.0. The number of ether oxygens (including phenoxy) is 1. The molecular formula is C16H17BrCl3NO. The molecule has 0 aliphatic carbocycles. The van der Waals surface area contributed by atoms with Gasteiger partial charge in [0.25, 0.3) is 0 Å². The fourth-order valence-corrected chi connectivity index (χ4v) is 2.75. The van der Waals surface area contributed by atoms with Crippen LogP contribution in [0.1, 0.15) is 18.1 Å². The van der Waals surface area contributed by atoms with Gasteiger partial charge in [-0.25, -0.2) is 0 Å². The van der Waals surface area contributed by atoms with Crippen LogP contribution in [0.15, 0.2) is 40.9 Å². The zero-order valence-electron chi connectivity index (χ0n) is 12.0. The minimum atomic E-state index is 0. The average molecular weight is 426 g/mol. The molecule has 0 aromatic heterocycles. The lowest BCUT2D eigenvalue weighted by atomic mass is 10.2. The molecule has 2 rings (SSSR count). The molecule has 0 amide bonds. The van der Waals surface area contributed by atoms with E-state index in [2.05, 4.69) is 34.2 Å². The molecule has 0 bridgehead atoms. The monoisotopic (exact) mass is 423 g/mol. The first kappa shape index (κ1) is 19.6. The fourth-order valence-electron chi connectivity index (χ4n) is 1.88. The van der Waals surface area contributed by atoms with Gasteiger partial charge in [-0.2, -0.15) is 0 Å². The smallest absolute Gasteiger partial charge is 0.124 e. The van der Waals surface area contributed by atoms with E-state index >= 15 is 0 Å². The predicted octanol–water partition coefficient (Wildman–Crippen LogP) is 5.87. The van der Waals surface area contributed by atoms with Crippen LogP contribution in [0, 0.1) is 0 Å². The van der Waals surface area contributed by atoms with Crippen LogP contribution in [0.2, 0.25) is 10.0 Å². The second-order valence-corrected chi connectivity index (χ2v) is 6.32. The Morgan fingerprint density at radius 3 is 2.55 bits per heavy atom. The van der Waals surface area contributed by atoms with Crippen molar-refractivity contribution in [1.82, 2.24) is 5.32 Å². The summed E-state index contributed by atoms with van der Waals surface area (Å²) in [4.78, 5) is 0. The van der Waals surface area contributed by atoms with Gasteiger partial charge in [0, 0.05) is 32.2 Å². The molecule has 0 atom stereocenters. The van der Waals surface area contributed by atoms with Crippen LogP contribution in [0.3, 0.4) is 0 Å². The summed E-state index contributed by atoms with van der Waals surface area (Å²) in [5.41, 5.74) is 2.02. The molecule has 0 spiro atoms. The lowest BCUT2D eigenvalue weighted by Gasteiger charge is -2.13. The van der Waals surface area contributed by atoms with Crippen LogP contribution in [-0.4, -0.2) is 6.54 Å². The normalized spacial score (nSPS) is 10.2. The van der Waals surface area contributed by atoms with E-state index in [0.29, 0.717) is 16.7 Å². The van der Waals surface area contributed by atoms with E-state index < -0.39 is 0 Å². The summed E-state index contributed by atoms with van der Waals surface area (Å²) in [6.07, 6.45) is 0. The van der Waals surface area contributed by atoms with E-state index in [4.69, 9.17) is 27.9 Å². The van der Waals surface area contributed by atoms with Crippen molar-refractivity contribution in [3.8, 4) is 5.75 Å². The molecule has 1 N–H and O–H groups in total. The van der Waals surface area contributed by atoms with Crippen molar-refractivity contribution >= 4 is 51.5 Å². The third-order valence-corrected chi connectivity index (χ3v) is 4.07. The zero-order chi connectivity index (χ0) is 15.2. The number of benzene rings is 2. The average Bonchev–Trinajstić information content (AvgIpc) is 2.45. The Morgan fingerprint density at radius 2 is 1.86 bits per heavy atom. The molecule has 0 fully saturated rings. The summed E-state index contributed by atoms with van der Waals surface area (Å²) in [7, 11) is 0. The Balaban J connectivity index is 0.00000242. The summed E-state index contributed by atoms with van der Waals surface area (Å²) in [5, 5.41) is 4.55. The van der Waals surface area contributed by atoms with Crippen LogP contribution in [0.5, 0.6) is 5.75 Å². The van der Waals surface area contributed by atoms with E-state index in [1.807, 2.05) is 24.3 Å². The molecule has 0 aliphatic heterocycles. The minimum absolute atomic E-state index is 0. The van der Waals surface area contributed by atoms with Crippen molar-refractivity contribution in [2.24, 2.45) is 0 Å². The first-order valence-electron chi connectivity index (χ1n) is 6.66. The second kappa shape index (κ2) is 9.64. The van der Waals surface area contributed by atoms with Crippen molar-refractivity contribution in [3.05, 3.63) is 62.0 Å². The Bertz CT molecular complexity index is 622. The van der Waals surface area contributed by atoms with Gasteiger partial charge in [-0.3, -0.25) is 0 Å². The number of halogens is 4. The van der Waals surface area contributed by atoms with Gasteiger partial charge in [-0.1, -0.05) is 52.1 Å². The third kappa shape index (κ3) is 5.64. The predicted molar refractivity (Wildman–Crippen MR) is 99.6 cm³/mol. The van der Waals surface area contributed by atoms with E-state index in [1.54, 1.807) is 6.07 Å². The van der Waals surface area contributed by atoms with Gasteiger partial charge >= 0.3 is 0 Å². The number of hydrogen-bond donors (Lipinski definition) is 1. The van der Waals surface area contributed by atoms with Crippen LogP contribution in [0.25, 0.3) is 0 Å². The Labute approximate surface area is 155 Å². The quantitative estimate of drug-likeness (QED) is 0.625. The van der Waals surface area contributed by atoms with Crippen molar-refractivity contribution in [1.29, 1.82) is 0 Å². The fraction of sp³-hybridized carbons (Fsp3) is 0.250. The molecule has 2 aromatic rings. The van der Waals surface area contributed by atoms with E-state index in [-0.39, 0.29) is 12.4 Å². The van der Waals surface area contributed by atoms with Gasteiger partial charge < -0.3 is 10.1 Å². The highest BCUT2D eigenvalue weighted by molar-refractivity contribution is 9.10. The standard InChI is InChI=1S/C16H16BrCl2NO.ClH/c1-2-20-9-12-7-13(17)4-6-16(12)21-10-11-3-5-14(18)8-15(11)19;/h3-8,20H,2,9-10H2,1H3;1H. The van der Waals surface area contributed by atoms with E-state index in [9.17, 15) is 0 Å². The van der Waals surface area contributed by atoms with Gasteiger partial charge in [0.05, 0.1) is 0 Å². The molecule has 2 aromatic carbocycles. The van der Waals surface area contributed by atoms with Crippen molar-refractivity contribution in [3.63, 3.8) is 0 Å². The lowest BCUT2D eigenvalue weighted by Crippen LogP contribution is -2.13. The molecule has 0 unspecified atom stereocenters. The van der Waals surface area contributed by atoms with Gasteiger partial charge in [0.15, 0.2) is 0 Å². The summed E-state index contributed by atoms with van der Waals surface area (Å²) in [6, 6.07) is 11.4. The van der Waals surface area contributed by atoms with E-state index in [0.717, 1.165) is 34.4 Å². The number of rotatable bonds is 6. The largest absolute Gasteiger partial charge is 0.489 e. The van der Waals surface area contributed by atoms with Crippen LogP contribution in [0.4, 0.5) is 0 Å². The van der Waals surface area contributed by atoms with Crippen molar-refractivity contribution in [2.45, 2.75) is 20.1 Å². The second-order valence-electron chi connectivity index (χ2n) is 4.56. The Hall–Kier alpha value is -0.450. The molecule has 0 radical (unpaired) electrons. The van der Waals surface area contributed by atoms with Crippen molar-refractivity contribution < 1.29 is 4.74 Å². The van der Waals surface area contributed by atoms with Crippen LogP contribution >= 0.6 is 51.5 Å². The highest BCUT2D eigenvalue weighted by atomic mass is 79.9. The topological polar surface area (TPSA) is 21.3 Å². The maximum Gasteiger partial charge on any atom is 0.124 e. The highest BCUT2D eigenvalue weighted by Crippen LogP contribution is 2.26. The molecule has 0 heterocycles. The van der Waals surface area contributed by atoms with Crippen molar-refractivity contribution in [2.75, 3.05) is 6.54 Å². The number of nitrogens with one attached hydrogen (secondary N) is 1. The van der Waals surface area contributed by atoms with Crippen LogP contribution in [-0.2, 0) is 13.2 Å². The summed E-state index contributed by atoms with van der Waals surface area (Å²) >= 11 is 15.5. The van der Waals surface area contributed by atoms with Crippen LogP contribution < -0.4 is 10.1 Å². The summed E-state index contributed by atoms with van der Waals surface area (Å²) < 4.78 is 6.94. The molecular weight excluding hydrogens is 408 g/mol. The van der Waals surface area contributed by atoms with Gasteiger partial charge in [-0.15, -0.1) is 12.4 Å². The molecule has 2 nitrogen and oxygen atoms in total. The van der Waals surface area contributed by atoms with E-state index in [1.165, 1.54) is 0 Å². The molecule has 22 heavy (non-hydrogen) atoms. The minimum Gasteiger partial charge on any atom is -0.489 e. The molecule has 0 saturated heterocycles. The maximum atomic E-state index is 6.16. The molecule has 0 aliphatic rings. The maximum absolute atomic E-state index is 6.16. The lowest BCUT2D eigenvalue weighted by molar-refractivity contribution is 0.302. The third-order valence-electron chi connectivity index (χ3n) is 2.99.